The normalized spacial score (nSPS) is 24.6. The molecular weight excluding hydrogens is 381 g/mol. The lowest BCUT2D eigenvalue weighted by Gasteiger charge is -2.52. The number of hydrogen-bond acceptors (Lipinski definition) is 4. The van der Waals surface area contributed by atoms with E-state index in [0.717, 1.165) is 43.5 Å². The first-order valence-electron chi connectivity index (χ1n) is 10.1. The first-order valence-corrected chi connectivity index (χ1v) is 10.8. The van der Waals surface area contributed by atoms with Crippen LogP contribution in [0.1, 0.15) is 59.4 Å². The molecular formula is C21H33Cl2N3O. The minimum absolute atomic E-state index is 0.0212. The third kappa shape index (κ3) is 5.56. The van der Waals surface area contributed by atoms with Gasteiger partial charge in [0.15, 0.2) is 0 Å². The van der Waals surface area contributed by atoms with Crippen LogP contribution in [0.15, 0.2) is 6.33 Å². The summed E-state index contributed by atoms with van der Waals surface area (Å²) in [6.07, 6.45) is 6.16. The number of aromatic nitrogens is 2. The van der Waals surface area contributed by atoms with Crippen LogP contribution in [0.25, 0.3) is 0 Å². The van der Waals surface area contributed by atoms with Crippen molar-refractivity contribution in [3.8, 4) is 0 Å². The molecule has 0 spiro atoms. The molecule has 0 aromatic carbocycles. The first kappa shape index (κ1) is 21.3. The van der Waals surface area contributed by atoms with Gasteiger partial charge in [0.2, 0.25) is 0 Å². The number of likely N-dealkylation sites (tertiary alicyclic amines) is 1. The Labute approximate surface area is 174 Å². The Hall–Kier alpha value is -0.420. The molecule has 0 amide bonds. The highest BCUT2D eigenvalue weighted by atomic mass is 35.5. The van der Waals surface area contributed by atoms with E-state index >= 15 is 0 Å². The van der Waals surface area contributed by atoms with Crippen molar-refractivity contribution in [2.45, 2.75) is 71.4 Å². The molecule has 0 unspecified atom stereocenters. The molecule has 2 fully saturated rings. The summed E-state index contributed by atoms with van der Waals surface area (Å²) in [7, 11) is 0. The highest BCUT2D eigenvalue weighted by Gasteiger charge is 2.41. The van der Waals surface area contributed by atoms with Crippen LogP contribution in [0.3, 0.4) is 0 Å². The molecule has 0 atom stereocenters. The number of ether oxygens (including phenoxy) is 1. The fraction of sp³-hybridized carbons (Fsp3) is 0.810. The molecule has 1 saturated heterocycles. The Morgan fingerprint density at radius 2 is 1.59 bits per heavy atom. The van der Waals surface area contributed by atoms with Crippen molar-refractivity contribution in [2.24, 2.45) is 17.8 Å². The van der Waals surface area contributed by atoms with Gasteiger partial charge in [0.05, 0.1) is 12.2 Å². The van der Waals surface area contributed by atoms with Crippen molar-refractivity contribution >= 4 is 23.2 Å². The Morgan fingerprint density at radius 3 is 2.15 bits per heavy atom. The van der Waals surface area contributed by atoms with E-state index in [1.165, 1.54) is 25.6 Å². The predicted octanol–water partition coefficient (Wildman–Crippen LogP) is 5.27. The number of nitrogens with zero attached hydrogens (tertiary/aromatic N) is 3. The molecule has 2 aliphatic rings. The SMILES string of the molecule is CC(C)(C)OCC1CC(CC(C)(C)N2CC(Cc3c(Cl)ncnc3Cl)C2)C1. The van der Waals surface area contributed by atoms with Crippen LogP contribution in [-0.4, -0.2) is 45.7 Å². The quantitative estimate of drug-likeness (QED) is 0.570. The fourth-order valence-corrected chi connectivity index (χ4v) is 4.87. The summed E-state index contributed by atoms with van der Waals surface area (Å²) in [5.41, 5.74) is 1.12. The van der Waals surface area contributed by atoms with Crippen molar-refractivity contribution in [1.82, 2.24) is 14.9 Å². The van der Waals surface area contributed by atoms with Crippen LogP contribution in [0.4, 0.5) is 0 Å². The van der Waals surface area contributed by atoms with Gasteiger partial charge in [-0.15, -0.1) is 0 Å². The standard InChI is InChI=1S/C21H33Cl2N3O/c1-20(2,3)27-12-15-6-14(7-15)9-21(4,5)26-10-16(11-26)8-17-18(22)24-13-25-19(17)23/h13-16H,6-12H2,1-5H3. The maximum Gasteiger partial charge on any atom is 0.137 e. The molecule has 4 nitrogen and oxygen atoms in total. The molecule has 6 heteroatoms. The van der Waals surface area contributed by atoms with Crippen LogP contribution in [0.5, 0.6) is 0 Å². The van der Waals surface area contributed by atoms with Crippen LogP contribution in [0, 0.1) is 17.8 Å². The van der Waals surface area contributed by atoms with Crippen LogP contribution in [-0.2, 0) is 11.2 Å². The molecule has 0 N–H and O–H groups in total. The average Bonchev–Trinajstić information content (AvgIpc) is 2.45. The molecule has 1 aromatic rings. The third-order valence-corrected chi connectivity index (χ3v) is 6.67. The largest absolute Gasteiger partial charge is 0.376 e. The second-order valence-corrected chi connectivity index (χ2v) is 10.8. The van der Waals surface area contributed by atoms with Gasteiger partial charge in [-0.25, -0.2) is 9.97 Å². The molecule has 3 rings (SSSR count). The van der Waals surface area contributed by atoms with E-state index in [4.69, 9.17) is 27.9 Å². The van der Waals surface area contributed by atoms with E-state index in [0.29, 0.717) is 16.2 Å². The molecule has 27 heavy (non-hydrogen) atoms. The Morgan fingerprint density at radius 1 is 1.00 bits per heavy atom. The van der Waals surface area contributed by atoms with Crippen molar-refractivity contribution in [2.75, 3.05) is 19.7 Å². The second kappa shape index (κ2) is 8.14. The molecule has 0 radical (unpaired) electrons. The monoisotopic (exact) mass is 413 g/mol. The van der Waals surface area contributed by atoms with Gasteiger partial charge in [-0.1, -0.05) is 23.2 Å². The van der Waals surface area contributed by atoms with Gasteiger partial charge in [-0.2, -0.15) is 0 Å². The summed E-state index contributed by atoms with van der Waals surface area (Å²) < 4.78 is 5.94. The smallest absolute Gasteiger partial charge is 0.137 e. The molecule has 1 saturated carbocycles. The fourth-order valence-electron chi connectivity index (χ4n) is 4.40. The van der Waals surface area contributed by atoms with Gasteiger partial charge in [0, 0.05) is 24.2 Å². The van der Waals surface area contributed by atoms with E-state index < -0.39 is 0 Å². The zero-order chi connectivity index (χ0) is 19.8. The minimum Gasteiger partial charge on any atom is -0.376 e. The van der Waals surface area contributed by atoms with E-state index in [-0.39, 0.29) is 11.1 Å². The van der Waals surface area contributed by atoms with Gasteiger partial charge >= 0.3 is 0 Å². The maximum atomic E-state index is 6.18. The van der Waals surface area contributed by atoms with E-state index in [9.17, 15) is 0 Å². The second-order valence-electron chi connectivity index (χ2n) is 10.1. The topological polar surface area (TPSA) is 38.2 Å². The van der Waals surface area contributed by atoms with Crippen molar-refractivity contribution in [3.05, 3.63) is 22.2 Å². The Balaban J connectivity index is 1.40. The molecule has 2 heterocycles. The lowest BCUT2D eigenvalue weighted by atomic mass is 9.69. The first-order chi connectivity index (χ1) is 12.5. The van der Waals surface area contributed by atoms with Gasteiger partial charge in [0.25, 0.3) is 0 Å². The summed E-state index contributed by atoms with van der Waals surface area (Å²) >= 11 is 12.4. The maximum absolute atomic E-state index is 6.18. The van der Waals surface area contributed by atoms with Crippen LogP contribution in [0.2, 0.25) is 10.3 Å². The zero-order valence-corrected chi connectivity index (χ0v) is 18.8. The predicted molar refractivity (Wildman–Crippen MR) is 111 cm³/mol. The summed E-state index contributed by atoms with van der Waals surface area (Å²) in [5.74, 6) is 2.16. The summed E-state index contributed by atoms with van der Waals surface area (Å²) in [5, 5.41) is 0.983. The molecule has 1 aliphatic heterocycles. The molecule has 1 aliphatic carbocycles. The average molecular weight is 414 g/mol. The van der Waals surface area contributed by atoms with Gasteiger partial charge in [-0.3, -0.25) is 4.90 Å². The van der Waals surface area contributed by atoms with Crippen molar-refractivity contribution < 1.29 is 4.74 Å². The molecule has 1 aromatic heterocycles. The zero-order valence-electron chi connectivity index (χ0n) is 17.3. The van der Waals surface area contributed by atoms with E-state index in [1.54, 1.807) is 0 Å². The Bertz CT molecular complexity index is 627. The van der Waals surface area contributed by atoms with Crippen LogP contribution < -0.4 is 0 Å². The van der Waals surface area contributed by atoms with E-state index in [2.05, 4.69) is 49.5 Å². The van der Waals surface area contributed by atoms with E-state index in [1.807, 2.05) is 0 Å². The summed E-state index contributed by atoms with van der Waals surface area (Å²) in [6.45, 7) is 14.3. The lowest BCUT2D eigenvalue weighted by Crippen LogP contribution is -2.58. The number of hydrogen-bond donors (Lipinski definition) is 0. The van der Waals surface area contributed by atoms with Gasteiger partial charge in [0.1, 0.15) is 16.6 Å². The molecule has 0 bridgehead atoms. The number of rotatable bonds is 7. The van der Waals surface area contributed by atoms with Gasteiger partial charge < -0.3 is 4.74 Å². The molecule has 152 valence electrons. The number of halogens is 2. The van der Waals surface area contributed by atoms with Crippen molar-refractivity contribution in [1.29, 1.82) is 0 Å². The Kier molecular flexibility index (Phi) is 6.42. The minimum atomic E-state index is -0.0212. The lowest BCUT2D eigenvalue weighted by molar-refractivity contribution is -0.0612. The highest BCUT2D eigenvalue weighted by molar-refractivity contribution is 6.34. The van der Waals surface area contributed by atoms with Crippen LogP contribution >= 0.6 is 23.2 Å². The summed E-state index contributed by atoms with van der Waals surface area (Å²) in [6, 6.07) is 0. The van der Waals surface area contributed by atoms with Crippen molar-refractivity contribution in [3.63, 3.8) is 0 Å². The van der Waals surface area contributed by atoms with Gasteiger partial charge in [-0.05, 0) is 78.1 Å². The highest BCUT2D eigenvalue weighted by Crippen LogP contribution is 2.42. The third-order valence-electron chi connectivity index (χ3n) is 6.02. The summed E-state index contributed by atoms with van der Waals surface area (Å²) in [4.78, 5) is 10.7.